The number of aromatic nitrogens is 1. The first-order valence-electron chi connectivity index (χ1n) is 21.9. The molecule has 326 valence electrons. The number of nitrogens with zero attached hydrogens (tertiary/aromatic N) is 2. The summed E-state index contributed by atoms with van der Waals surface area (Å²) in [4.78, 5) is 14.1. The number of fused-ring (bicyclic) bond motifs is 6. The molecule has 0 saturated heterocycles. The van der Waals surface area contributed by atoms with Crippen LogP contribution in [0.3, 0.4) is 0 Å². The third-order valence-electron chi connectivity index (χ3n) is 13.1. The van der Waals surface area contributed by atoms with E-state index in [9.17, 15) is 30.3 Å². The van der Waals surface area contributed by atoms with E-state index in [-0.39, 0.29) is 43.9 Å². The van der Waals surface area contributed by atoms with Crippen molar-refractivity contribution in [3.63, 3.8) is 0 Å². The summed E-state index contributed by atoms with van der Waals surface area (Å²) >= 11 is 0. The standard InChI is InChI=1S/C56H56N2O6/c1-53(2,3)29-13-17-39-35(21-29)36-22-30(54(4,5)6)14-18-40(36)57(39)33-25-43(59)47(44(60)26-33)49-51(63)50(52(49)64)48-45(61)27-34(28-46(48)62)58-41-19-15-31(55(7,8)9)23-37(41)38-24-32(56(10,11)12)16-20-42(38)58/h13-28H,1-12H3,(H4,59,60,61,62,63,64)/p+1. The van der Waals surface area contributed by atoms with Crippen molar-refractivity contribution in [2.24, 2.45) is 0 Å². The number of Topliss-reactive ketones (excluding diaryl/α,β-unsaturated/α-hetero) is 1. The number of aliphatic hydroxyl groups excluding tert-OH is 3. The fraction of sp³-hybridized carbons (Fsp3) is 0.286. The van der Waals surface area contributed by atoms with Gasteiger partial charge in [0.25, 0.3) is 0 Å². The summed E-state index contributed by atoms with van der Waals surface area (Å²) in [6.07, 6.45) is 2.94. The quantitative estimate of drug-likeness (QED) is 0.0871. The molecular formula is C56H57N2O6+. The number of hydrogen-bond donors (Lipinski definition) is 5. The number of phenolic OH excluding ortho intramolecular Hbond substituents is 2. The van der Waals surface area contributed by atoms with Crippen molar-refractivity contribution >= 4 is 50.2 Å². The first-order valence-corrected chi connectivity index (χ1v) is 21.9. The van der Waals surface area contributed by atoms with Crippen molar-refractivity contribution in [3.8, 4) is 28.3 Å². The maximum absolute atomic E-state index is 14.1. The molecule has 9 rings (SSSR count). The van der Waals surface area contributed by atoms with Gasteiger partial charge in [-0.05, 0) is 80.3 Å². The minimum atomic E-state index is -0.753. The van der Waals surface area contributed by atoms with Crippen LogP contribution in [0.15, 0.2) is 126 Å². The SMILES string of the molecule is CC(C)(C)c1ccc2c(c1)-c1cc(C(C)(C)C)ccc1[N+]2=C1C=C(O)C(=C2C(=O)C(c3c(O)cc(-n4c5ccc(C(C)(C)C)cc5c5cc(C(C)(C)C)ccc54)cc3O)=C2O)C(O)=C1. The number of aromatic hydroxyl groups is 2. The van der Waals surface area contributed by atoms with Crippen LogP contribution in [-0.4, -0.2) is 41.6 Å². The van der Waals surface area contributed by atoms with E-state index in [0.29, 0.717) is 11.4 Å². The van der Waals surface area contributed by atoms with Gasteiger partial charge in [0, 0.05) is 35.0 Å². The number of ketones is 1. The van der Waals surface area contributed by atoms with Crippen molar-refractivity contribution < 1.29 is 30.3 Å². The van der Waals surface area contributed by atoms with Gasteiger partial charge in [0.2, 0.25) is 22.9 Å². The van der Waals surface area contributed by atoms with Crippen LogP contribution < -0.4 is 4.58 Å². The van der Waals surface area contributed by atoms with Gasteiger partial charge in [-0.1, -0.05) is 107 Å². The summed E-state index contributed by atoms with van der Waals surface area (Å²) in [5.41, 5.74) is 9.61. The third kappa shape index (κ3) is 6.56. The molecule has 8 nitrogen and oxygen atoms in total. The average Bonchev–Trinajstić information content (AvgIpc) is 3.70. The highest BCUT2D eigenvalue weighted by atomic mass is 16.3. The van der Waals surface area contributed by atoms with Crippen molar-refractivity contribution in [1.29, 1.82) is 0 Å². The summed E-state index contributed by atoms with van der Waals surface area (Å²) in [6, 6.07) is 28.3. The Bertz CT molecular complexity index is 3060. The molecular weight excluding hydrogens is 797 g/mol. The monoisotopic (exact) mass is 853 g/mol. The van der Waals surface area contributed by atoms with E-state index in [4.69, 9.17) is 0 Å². The number of hydrogen-bond acceptors (Lipinski definition) is 6. The zero-order valence-corrected chi connectivity index (χ0v) is 38.8. The molecule has 0 amide bonds. The molecule has 1 aromatic heterocycles. The van der Waals surface area contributed by atoms with E-state index in [1.54, 1.807) is 0 Å². The molecule has 0 bridgehead atoms. The smallest absolute Gasteiger partial charge is 0.219 e. The Hall–Kier alpha value is -6.80. The molecule has 2 aliphatic carbocycles. The second-order valence-corrected chi connectivity index (χ2v) is 21.7. The van der Waals surface area contributed by atoms with Crippen LogP contribution in [0.2, 0.25) is 0 Å². The lowest BCUT2D eigenvalue weighted by molar-refractivity contribution is -0.111. The summed E-state index contributed by atoms with van der Waals surface area (Å²) < 4.78 is 3.95. The van der Waals surface area contributed by atoms with E-state index in [1.165, 1.54) is 46.5 Å². The Labute approximate surface area is 374 Å². The van der Waals surface area contributed by atoms with Crippen LogP contribution in [0.4, 0.5) is 11.4 Å². The van der Waals surface area contributed by atoms with Gasteiger partial charge in [-0.2, -0.15) is 4.58 Å². The van der Waals surface area contributed by atoms with Gasteiger partial charge in [-0.3, -0.25) is 4.79 Å². The molecule has 64 heavy (non-hydrogen) atoms. The fourth-order valence-electron chi connectivity index (χ4n) is 9.30. The molecule has 6 aromatic rings. The van der Waals surface area contributed by atoms with Crippen LogP contribution in [0.1, 0.15) is 111 Å². The Kier molecular flexibility index (Phi) is 9.20. The van der Waals surface area contributed by atoms with Crippen LogP contribution in [0.5, 0.6) is 11.5 Å². The lowest BCUT2D eigenvalue weighted by Crippen LogP contribution is -2.26. The van der Waals surface area contributed by atoms with E-state index in [2.05, 4.69) is 156 Å². The van der Waals surface area contributed by atoms with Crippen LogP contribution >= 0.6 is 0 Å². The molecule has 3 aliphatic rings. The van der Waals surface area contributed by atoms with Gasteiger partial charge < -0.3 is 30.1 Å². The lowest BCUT2D eigenvalue weighted by Gasteiger charge is -2.26. The van der Waals surface area contributed by atoms with Gasteiger partial charge in [-0.25, -0.2) is 0 Å². The minimum Gasteiger partial charge on any atom is -0.507 e. The first kappa shape index (κ1) is 42.5. The second kappa shape index (κ2) is 13.8. The number of allylic oxidation sites excluding steroid dienone is 4. The Morgan fingerprint density at radius 3 is 1.25 bits per heavy atom. The fourth-order valence-corrected chi connectivity index (χ4v) is 9.30. The Morgan fingerprint density at radius 1 is 0.469 bits per heavy atom. The topological polar surface area (TPSA) is 126 Å². The Morgan fingerprint density at radius 2 is 0.859 bits per heavy atom. The van der Waals surface area contributed by atoms with Crippen molar-refractivity contribution in [3.05, 3.63) is 153 Å². The predicted molar refractivity (Wildman–Crippen MR) is 260 cm³/mol. The van der Waals surface area contributed by atoms with E-state index < -0.39 is 34.6 Å². The second-order valence-electron chi connectivity index (χ2n) is 21.7. The first-order chi connectivity index (χ1) is 29.8. The summed E-state index contributed by atoms with van der Waals surface area (Å²) in [6.45, 7) is 26.1. The lowest BCUT2D eigenvalue weighted by atomic mass is 9.78. The minimum absolute atomic E-state index is 0.0984. The van der Waals surface area contributed by atoms with E-state index in [1.807, 2.05) is 9.14 Å². The third-order valence-corrected chi connectivity index (χ3v) is 13.1. The number of carbonyl (C=O) groups is 1. The number of carbonyl (C=O) groups excluding carboxylic acids is 1. The van der Waals surface area contributed by atoms with E-state index >= 15 is 0 Å². The van der Waals surface area contributed by atoms with Crippen LogP contribution in [-0.2, 0) is 26.5 Å². The highest BCUT2D eigenvalue weighted by Crippen LogP contribution is 2.51. The molecule has 0 spiro atoms. The number of benzene rings is 5. The van der Waals surface area contributed by atoms with Gasteiger partial charge in [-0.15, -0.1) is 0 Å². The number of phenols is 2. The molecule has 2 heterocycles. The van der Waals surface area contributed by atoms with Gasteiger partial charge >= 0.3 is 0 Å². The summed E-state index contributed by atoms with van der Waals surface area (Å²) in [5, 5.41) is 60.0. The highest BCUT2D eigenvalue weighted by Gasteiger charge is 2.44. The van der Waals surface area contributed by atoms with Crippen molar-refractivity contribution in [2.45, 2.75) is 105 Å². The largest absolute Gasteiger partial charge is 0.507 e. The molecule has 0 radical (unpaired) electrons. The molecule has 0 saturated carbocycles. The van der Waals surface area contributed by atoms with Gasteiger partial charge in [0.05, 0.1) is 62.3 Å². The van der Waals surface area contributed by atoms with Crippen LogP contribution in [0, 0.1) is 0 Å². The van der Waals surface area contributed by atoms with Gasteiger partial charge in [0.1, 0.15) is 28.8 Å². The molecule has 0 unspecified atom stereocenters. The van der Waals surface area contributed by atoms with Crippen LogP contribution in [0.25, 0.3) is 44.2 Å². The van der Waals surface area contributed by atoms with Crippen molar-refractivity contribution in [2.75, 3.05) is 0 Å². The average molecular weight is 854 g/mol. The number of aliphatic hydroxyl groups is 3. The normalized spacial score (nSPS) is 15.8. The predicted octanol–water partition coefficient (Wildman–Crippen LogP) is 13.4. The molecule has 0 atom stereocenters. The van der Waals surface area contributed by atoms with Crippen molar-refractivity contribution in [1.82, 2.24) is 9.14 Å². The molecule has 0 fully saturated rings. The van der Waals surface area contributed by atoms with Gasteiger partial charge in [0.15, 0.2) is 0 Å². The molecule has 1 aliphatic heterocycles. The zero-order valence-electron chi connectivity index (χ0n) is 38.8. The molecule has 8 heteroatoms. The van der Waals surface area contributed by atoms with E-state index in [0.717, 1.165) is 44.3 Å². The molecule has 5 aromatic carbocycles. The zero-order chi connectivity index (χ0) is 46.3. The number of rotatable bonds is 2. The molecule has 5 N–H and O–H groups in total. The maximum Gasteiger partial charge on any atom is 0.219 e. The maximum atomic E-state index is 14.1. The Balaban J connectivity index is 1.14. The summed E-state index contributed by atoms with van der Waals surface area (Å²) in [7, 11) is 0. The summed E-state index contributed by atoms with van der Waals surface area (Å²) in [5.74, 6) is -3.00. The highest BCUT2D eigenvalue weighted by molar-refractivity contribution is 6.40.